The molecule has 0 radical (unpaired) electrons. The van der Waals surface area contributed by atoms with Crippen LogP contribution in [0.3, 0.4) is 0 Å². The van der Waals surface area contributed by atoms with Crippen LogP contribution >= 0.6 is 0 Å². The number of rotatable bonds is 2. The molecule has 1 fully saturated rings. The highest BCUT2D eigenvalue weighted by molar-refractivity contribution is 5.79. The molecule has 2 aliphatic rings. The van der Waals surface area contributed by atoms with Gasteiger partial charge in [0, 0.05) is 19.6 Å². The zero-order valence-electron chi connectivity index (χ0n) is 19.7. The number of aromatic nitrogens is 3. The number of hydrogen-bond acceptors (Lipinski definition) is 3. The minimum Gasteiger partial charge on any atom is -0.465 e. The standard InChI is InChI=1S/C24H34N4O3/c1-22(2,3)14-27-18-9-8-17(25-19(18)26(7)20(27)29)15-12-16-10-11-24(13-15,23(4,5)6)28(16)21(30)31/h8-9,13,16H,10-12,14H2,1-7H3,(H,30,31). The van der Waals surface area contributed by atoms with Gasteiger partial charge < -0.3 is 5.11 Å². The molecule has 0 aromatic carbocycles. The molecule has 168 valence electrons. The molecule has 0 spiro atoms. The Morgan fingerprint density at radius 3 is 2.48 bits per heavy atom. The first kappa shape index (κ1) is 21.7. The average molecular weight is 427 g/mol. The van der Waals surface area contributed by atoms with Gasteiger partial charge in [0.1, 0.15) is 0 Å². The van der Waals surface area contributed by atoms with E-state index < -0.39 is 11.6 Å². The van der Waals surface area contributed by atoms with Crippen molar-refractivity contribution in [2.24, 2.45) is 17.9 Å². The van der Waals surface area contributed by atoms with E-state index in [0.717, 1.165) is 29.6 Å². The second kappa shape index (κ2) is 6.71. The largest absolute Gasteiger partial charge is 0.465 e. The quantitative estimate of drug-likeness (QED) is 0.767. The number of fused-ring (bicyclic) bond motifs is 3. The lowest BCUT2D eigenvalue weighted by atomic mass is 9.70. The SMILES string of the molecule is Cn1c(=O)n(CC(C)(C)C)c2ccc(C3=CC4(C(C)(C)C)CCC(C3)N4C(=O)O)nc21. The molecule has 0 aliphatic carbocycles. The molecular weight excluding hydrogens is 392 g/mol. The highest BCUT2D eigenvalue weighted by Crippen LogP contribution is 2.53. The molecule has 1 amide bonds. The topological polar surface area (TPSA) is 80.4 Å². The van der Waals surface area contributed by atoms with Crippen molar-refractivity contribution in [3.8, 4) is 0 Å². The maximum absolute atomic E-state index is 12.9. The number of hydrogen-bond donors (Lipinski definition) is 1. The molecule has 0 saturated carbocycles. The molecule has 2 aromatic heterocycles. The van der Waals surface area contributed by atoms with Gasteiger partial charge in [0.15, 0.2) is 5.65 Å². The monoisotopic (exact) mass is 426 g/mol. The third kappa shape index (κ3) is 3.29. The summed E-state index contributed by atoms with van der Waals surface area (Å²) in [5.74, 6) is 0. The van der Waals surface area contributed by atoms with E-state index in [1.54, 1.807) is 21.1 Å². The molecule has 2 bridgehead atoms. The maximum atomic E-state index is 12.9. The summed E-state index contributed by atoms with van der Waals surface area (Å²) in [6.07, 6.45) is 3.62. The smallest absolute Gasteiger partial charge is 0.408 e. The van der Waals surface area contributed by atoms with Crippen LogP contribution in [0, 0.1) is 10.8 Å². The van der Waals surface area contributed by atoms with Gasteiger partial charge in [-0.05, 0) is 47.8 Å². The molecule has 2 aliphatic heterocycles. The third-order valence-electron chi connectivity index (χ3n) is 6.97. The molecule has 7 nitrogen and oxygen atoms in total. The normalized spacial score (nSPS) is 24.0. The first-order valence-electron chi connectivity index (χ1n) is 11.1. The van der Waals surface area contributed by atoms with E-state index in [2.05, 4.69) is 47.6 Å². The minimum atomic E-state index is -0.849. The molecular formula is C24H34N4O3. The second-order valence-electron chi connectivity index (χ2n) is 11.4. The molecule has 7 heteroatoms. The highest BCUT2D eigenvalue weighted by Gasteiger charge is 2.56. The van der Waals surface area contributed by atoms with Crippen molar-refractivity contribution < 1.29 is 9.90 Å². The van der Waals surface area contributed by atoms with Gasteiger partial charge >= 0.3 is 11.8 Å². The number of pyridine rings is 1. The lowest BCUT2D eigenvalue weighted by Gasteiger charge is -2.49. The lowest BCUT2D eigenvalue weighted by Crippen LogP contribution is -2.58. The van der Waals surface area contributed by atoms with Gasteiger partial charge in [-0.1, -0.05) is 47.6 Å². The van der Waals surface area contributed by atoms with Crippen molar-refractivity contribution in [1.82, 2.24) is 19.0 Å². The zero-order valence-corrected chi connectivity index (χ0v) is 19.7. The third-order valence-corrected chi connectivity index (χ3v) is 6.97. The molecule has 2 aromatic rings. The summed E-state index contributed by atoms with van der Waals surface area (Å²) in [6.45, 7) is 13.3. The Morgan fingerprint density at radius 1 is 1.23 bits per heavy atom. The minimum absolute atomic E-state index is 0.0265. The Kier molecular flexibility index (Phi) is 4.69. The fraction of sp³-hybridized carbons (Fsp3) is 0.625. The van der Waals surface area contributed by atoms with Gasteiger partial charge in [0.05, 0.1) is 16.7 Å². The van der Waals surface area contributed by atoms with Crippen molar-refractivity contribution in [2.75, 3.05) is 0 Å². The lowest BCUT2D eigenvalue weighted by molar-refractivity contribution is 0.0417. The van der Waals surface area contributed by atoms with Crippen LogP contribution in [0.4, 0.5) is 4.79 Å². The van der Waals surface area contributed by atoms with E-state index >= 15 is 0 Å². The highest BCUT2D eigenvalue weighted by atomic mass is 16.4. The van der Waals surface area contributed by atoms with Gasteiger partial charge in [-0.15, -0.1) is 0 Å². The van der Waals surface area contributed by atoms with Crippen molar-refractivity contribution in [3.63, 3.8) is 0 Å². The maximum Gasteiger partial charge on any atom is 0.408 e. The zero-order chi connectivity index (χ0) is 22.9. The summed E-state index contributed by atoms with van der Waals surface area (Å²) in [5, 5.41) is 9.95. The van der Waals surface area contributed by atoms with Crippen molar-refractivity contribution >= 4 is 22.8 Å². The molecule has 2 unspecified atom stereocenters. The van der Waals surface area contributed by atoms with E-state index in [1.165, 1.54) is 0 Å². The summed E-state index contributed by atoms with van der Waals surface area (Å²) >= 11 is 0. The number of aryl methyl sites for hydroxylation is 1. The van der Waals surface area contributed by atoms with Crippen LogP contribution in [0.15, 0.2) is 23.0 Å². The predicted octanol–water partition coefficient (Wildman–Crippen LogP) is 4.50. The Balaban J connectivity index is 1.85. The van der Waals surface area contributed by atoms with Crippen molar-refractivity contribution in [2.45, 2.75) is 78.9 Å². The number of carbonyl (C=O) groups is 1. The summed E-state index contributed by atoms with van der Waals surface area (Å²) in [6, 6.07) is 3.93. The number of carboxylic acid groups (broad SMARTS) is 1. The number of nitrogens with zero attached hydrogens (tertiary/aromatic N) is 4. The van der Waals surface area contributed by atoms with Crippen LogP contribution in [0.25, 0.3) is 16.7 Å². The molecule has 2 atom stereocenters. The number of imidazole rings is 1. The summed E-state index contributed by atoms with van der Waals surface area (Å²) in [5.41, 5.74) is 2.55. The predicted molar refractivity (Wildman–Crippen MR) is 122 cm³/mol. The van der Waals surface area contributed by atoms with Gasteiger partial charge in [-0.2, -0.15) is 0 Å². The van der Waals surface area contributed by atoms with Crippen LogP contribution in [-0.4, -0.2) is 41.8 Å². The molecule has 1 N–H and O–H groups in total. The molecule has 4 rings (SSSR count). The Morgan fingerprint density at radius 2 is 1.90 bits per heavy atom. The van der Waals surface area contributed by atoms with Crippen molar-refractivity contribution in [3.05, 3.63) is 34.4 Å². The van der Waals surface area contributed by atoms with Gasteiger partial charge in [0.25, 0.3) is 0 Å². The van der Waals surface area contributed by atoms with E-state index in [-0.39, 0.29) is 22.6 Å². The fourth-order valence-corrected chi connectivity index (χ4v) is 5.44. The van der Waals surface area contributed by atoms with E-state index in [1.807, 2.05) is 12.1 Å². The van der Waals surface area contributed by atoms with Gasteiger partial charge in [-0.25, -0.2) is 14.6 Å². The fourth-order valence-electron chi connectivity index (χ4n) is 5.44. The van der Waals surface area contributed by atoms with Gasteiger partial charge in [-0.3, -0.25) is 14.0 Å². The Bertz CT molecular complexity index is 1140. The van der Waals surface area contributed by atoms with Crippen LogP contribution in [0.2, 0.25) is 0 Å². The Labute approximate surface area is 183 Å². The van der Waals surface area contributed by atoms with E-state index in [4.69, 9.17) is 4.98 Å². The van der Waals surface area contributed by atoms with Crippen LogP contribution in [0.1, 0.15) is 66.5 Å². The van der Waals surface area contributed by atoms with Crippen LogP contribution in [-0.2, 0) is 13.6 Å². The van der Waals surface area contributed by atoms with Crippen molar-refractivity contribution in [1.29, 1.82) is 0 Å². The van der Waals surface area contributed by atoms with Gasteiger partial charge in [0.2, 0.25) is 0 Å². The first-order chi connectivity index (χ1) is 14.2. The Hall–Kier alpha value is -2.57. The van der Waals surface area contributed by atoms with Crippen LogP contribution < -0.4 is 5.69 Å². The molecule has 4 heterocycles. The number of amides is 1. The summed E-state index contributed by atoms with van der Waals surface area (Å²) in [7, 11) is 1.77. The first-order valence-corrected chi connectivity index (χ1v) is 11.1. The van der Waals surface area contributed by atoms with E-state index in [0.29, 0.717) is 18.6 Å². The summed E-state index contributed by atoms with van der Waals surface area (Å²) in [4.78, 5) is 31.6. The van der Waals surface area contributed by atoms with E-state index in [9.17, 15) is 14.7 Å². The average Bonchev–Trinajstić information content (AvgIpc) is 3.03. The molecule has 31 heavy (non-hydrogen) atoms. The second-order valence-corrected chi connectivity index (χ2v) is 11.4. The molecule has 1 saturated heterocycles. The van der Waals surface area contributed by atoms with Crippen LogP contribution in [0.5, 0.6) is 0 Å². The summed E-state index contributed by atoms with van der Waals surface area (Å²) < 4.78 is 3.42.